The van der Waals surface area contributed by atoms with Gasteiger partial charge in [-0.2, -0.15) is 15.2 Å². The van der Waals surface area contributed by atoms with E-state index in [4.69, 9.17) is 16.3 Å². The number of benzene rings is 1. The zero-order valence-corrected chi connectivity index (χ0v) is 18.2. The first-order valence-corrected chi connectivity index (χ1v) is 10.5. The molecule has 1 aromatic heterocycles. The zero-order chi connectivity index (χ0) is 24.5. The van der Waals surface area contributed by atoms with Crippen LogP contribution in [-0.2, 0) is 16.0 Å². The Morgan fingerprint density at radius 1 is 1.38 bits per heavy atom. The maximum atomic E-state index is 12.9. The van der Waals surface area contributed by atoms with Crippen molar-refractivity contribution < 1.29 is 32.2 Å². The third-order valence-corrected chi connectivity index (χ3v) is 5.59. The van der Waals surface area contributed by atoms with Crippen LogP contribution < -0.4 is 15.4 Å². The Morgan fingerprint density at radius 3 is 2.68 bits per heavy atom. The number of hydrogen-bond acceptors (Lipinski definition) is 7. The van der Waals surface area contributed by atoms with Gasteiger partial charge in [0.15, 0.2) is 5.69 Å². The molecular weight excluding hydrogens is 481 g/mol. The summed E-state index contributed by atoms with van der Waals surface area (Å²) < 4.78 is 46.4. The largest absolute Gasteiger partial charge is 0.573 e. The van der Waals surface area contributed by atoms with Gasteiger partial charge in [0.25, 0.3) is 5.91 Å². The highest BCUT2D eigenvalue weighted by atomic mass is 35.5. The van der Waals surface area contributed by atoms with Crippen molar-refractivity contribution in [2.75, 3.05) is 13.2 Å². The van der Waals surface area contributed by atoms with Crippen LogP contribution in [0, 0.1) is 11.3 Å². The van der Waals surface area contributed by atoms with E-state index in [1.807, 2.05) is 6.07 Å². The molecule has 2 N–H and O–H groups in total. The van der Waals surface area contributed by atoms with Gasteiger partial charge in [0, 0.05) is 6.42 Å². The number of halogens is 4. The van der Waals surface area contributed by atoms with E-state index in [9.17, 15) is 28.0 Å². The van der Waals surface area contributed by atoms with Gasteiger partial charge in [-0.25, -0.2) is 0 Å². The van der Waals surface area contributed by atoms with Gasteiger partial charge in [0.2, 0.25) is 5.91 Å². The minimum atomic E-state index is -4.92. The van der Waals surface area contributed by atoms with Gasteiger partial charge in [0.05, 0.1) is 30.5 Å². The second-order valence-corrected chi connectivity index (χ2v) is 8.37. The summed E-state index contributed by atoms with van der Waals surface area (Å²) in [5, 5.41) is 22.3. The summed E-state index contributed by atoms with van der Waals surface area (Å²) in [5.74, 6) is -1.91. The molecule has 180 valence electrons. The van der Waals surface area contributed by atoms with Crippen LogP contribution in [0.3, 0.4) is 0 Å². The number of nitriles is 1. The van der Waals surface area contributed by atoms with E-state index in [2.05, 4.69) is 25.6 Å². The molecule has 0 unspecified atom stereocenters. The van der Waals surface area contributed by atoms with Gasteiger partial charge in [-0.15, -0.1) is 18.3 Å². The van der Waals surface area contributed by atoms with Crippen molar-refractivity contribution in [2.24, 2.45) is 0 Å². The SMILES string of the molecule is N#CC1(NC(=O)[C@H](Cc2ccc(OC(F)(F)F)c(Cl)c2)NC(=O)c2cnn(C3COC3)n2)CC1. The first kappa shape index (κ1) is 23.8. The lowest BCUT2D eigenvalue weighted by molar-refractivity contribution is -0.274. The molecule has 0 bridgehead atoms. The predicted octanol–water partition coefficient (Wildman–Crippen LogP) is 1.91. The summed E-state index contributed by atoms with van der Waals surface area (Å²) in [6, 6.07) is 4.31. The molecule has 4 rings (SSSR count). The van der Waals surface area contributed by atoms with E-state index in [0.29, 0.717) is 31.6 Å². The number of ether oxygens (including phenoxy) is 2. The fourth-order valence-electron chi connectivity index (χ4n) is 3.18. The fraction of sp³-hybridized carbons (Fsp3) is 0.450. The minimum absolute atomic E-state index is 0.0296. The van der Waals surface area contributed by atoms with Crippen LogP contribution in [0.15, 0.2) is 24.4 Å². The van der Waals surface area contributed by atoms with Crippen molar-refractivity contribution >= 4 is 23.4 Å². The Hall–Kier alpha value is -3.37. The molecule has 14 heteroatoms. The molecule has 1 saturated heterocycles. The van der Waals surface area contributed by atoms with Crippen molar-refractivity contribution in [3.05, 3.63) is 40.7 Å². The molecule has 1 aliphatic heterocycles. The molecule has 2 heterocycles. The standard InChI is InChI=1S/C20H18ClF3N6O4/c21-13-5-11(1-2-16(13)34-20(22,23)24)6-14(18(32)28-19(10-25)3-4-19)27-17(31)15-7-26-30(29-15)12-8-33-9-12/h1-2,5,7,12,14H,3-4,6,8-9H2,(H,27,31)(H,28,32)/t14-/m0/s1. The second-order valence-electron chi connectivity index (χ2n) is 7.97. The molecule has 2 fully saturated rings. The zero-order valence-electron chi connectivity index (χ0n) is 17.4. The normalized spacial score (nSPS) is 17.7. The van der Waals surface area contributed by atoms with Gasteiger partial charge in [0.1, 0.15) is 23.4 Å². The number of hydrogen-bond donors (Lipinski definition) is 2. The molecule has 0 spiro atoms. The Bertz CT molecular complexity index is 1140. The topological polar surface area (TPSA) is 131 Å². The van der Waals surface area contributed by atoms with E-state index in [1.54, 1.807) is 0 Å². The molecule has 1 saturated carbocycles. The fourth-order valence-corrected chi connectivity index (χ4v) is 3.42. The number of amides is 2. The summed E-state index contributed by atoms with van der Waals surface area (Å²) in [4.78, 5) is 27.0. The Morgan fingerprint density at radius 2 is 2.12 bits per heavy atom. The van der Waals surface area contributed by atoms with Crippen molar-refractivity contribution in [3.8, 4) is 11.8 Å². The van der Waals surface area contributed by atoms with Gasteiger partial charge >= 0.3 is 6.36 Å². The molecule has 10 nitrogen and oxygen atoms in total. The van der Waals surface area contributed by atoms with Crippen molar-refractivity contribution in [3.63, 3.8) is 0 Å². The maximum Gasteiger partial charge on any atom is 0.573 e. The summed E-state index contributed by atoms with van der Waals surface area (Å²) in [6.45, 7) is 0.845. The average Bonchev–Trinajstić information content (AvgIpc) is 3.33. The number of rotatable bonds is 8. The van der Waals surface area contributed by atoms with Gasteiger partial charge in [-0.1, -0.05) is 17.7 Å². The highest BCUT2D eigenvalue weighted by molar-refractivity contribution is 6.32. The molecular formula is C20H18ClF3N6O4. The molecule has 1 aliphatic carbocycles. The van der Waals surface area contributed by atoms with Crippen LogP contribution in [0.2, 0.25) is 5.02 Å². The number of carbonyl (C=O) groups excluding carboxylic acids is 2. The third kappa shape index (κ3) is 5.57. The average molecular weight is 499 g/mol. The van der Waals surface area contributed by atoms with Gasteiger partial charge in [-0.3, -0.25) is 9.59 Å². The Labute approximate surface area is 195 Å². The predicted molar refractivity (Wildman–Crippen MR) is 109 cm³/mol. The van der Waals surface area contributed by atoms with Crippen molar-refractivity contribution in [1.82, 2.24) is 25.6 Å². The van der Waals surface area contributed by atoms with E-state index in [-0.39, 0.29) is 23.2 Å². The summed E-state index contributed by atoms with van der Waals surface area (Å²) in [5.41, 5.74) is -0.662. The monoisotopic (exact) mass is 498 g/mol. The Kier molecular flexibility index (Phi) is 6.37. The molecule has 2 aromatic rings. The molecule has 0 radical (unpaired) electrons. The van der Waals surface area contributed by atoms with E-state index < -0.39 is 35.5 Å². The van der Waals surface area contributed by atoms with Crippen LogP contribution in [0.25, 0.3) is 0 Å². The van der Waals surface area contributed by atoms with Crippen LogP contribution in [-0.4, -0.2) is 58.0 Å². The lowest BCUT2D eigenvalue weighted by Crippen LogP contribution is -2.51. The molecule has 34 heavy (non-hydrogen) atoms. The smallest absolute Gasteiger partial charge is 0.404 e. The summed E-state index contributed by atoms with van der Waals surface area (Å²) in [7, 11) is 0. The van der Waals surface area contributed by atoms with Crippen LogP contribution in [0.1, 0.15) is 34.9 Å². The minimum Gasteiger partial charge on any atom is -0.404 e. The maximum absolute atomic E-state index is 12.9. The molecule has 2 aliphatic rings. The third-order valence-electron chi connectivity index (χ3n) is 5.30. The van der Waals surface area contributed by atoms with Crippen LogP contribution in [0.5, 0.6) is 5.75 Å². The number of nitrogens with zero attached hydrogens (tertiary/aromatic N) is 4. The first-order chi connectivity index (χ1) is 16.1. The Balaban J connectivity index is 1.50. The van der Waals surface area contributed by atoms with Gasteiger partial charge in [-0.05, 0) is 30.5 Å². The van der Waals surface area contributed by atoms with Crippen molar-refractivity contribution in [2.45, 2.75) is 43.2 Å². The number of alkyl halides is 3. The van der Waals surface area contributed by atoms with Crippen molar-refractivity contribution in [1.29, 1.82) is 5.26 Å². The lowest BCUT2D eigenvalue weighted by atomic mass is 10.0. The highest BCUT2D eigenvalue weighted by Gasteiger charge is 2.45. The number of carbonyl (C=O) groups is 2. The second kappa shape index (κ2) is 9.11. The van der Waals surface area contributed by atoms with Crippen LogP contribution in [0.4, 0.5) is 13.2 Å². The van der Waals surface area contributed by atoms with Crippen LogP contribution >= 0.6 is 11.6 Å². The number of nitrogens with one attached hydrogen (secondary N) is 2. The van der Waals surface area contributed by atoms with E-state index in [1.165, 1.54) is 23.1 Å². The lowest BCUT2D eigenvalue weighted by Gasteiger charge is -2.24. The van der Waals surface area contributed by atoms with E-state index in [0.717, 1.165) is 6.07 Å². The molecule has 1 aromatic carbocycles. The van der Waals surface area contributed by atoms with E-state index >= 15 is 0 Å². The first-order valence-electron chi connectivity index (χ1n) is 10.2. The quantitative estimate of drug-likeness (QED) is 0.568. The molecule has 2 amide bonds. The highest BCUT2D eigenvalue weighted by Crippen LogP contribution is 2.34. The van der Waals surface area contributed by atoms with Gasteiger partial charge < -0.3 is 20.1 Å². The molecule has 1 atom stereocenters. The summed E-state index contributed by atoms with van der Waals surface area (Å²) in [6.07, 6.45) is -2.83. The number of aromatic nitrogens is 3. The summed E-state index contributed by atoms with van der Waals surface area (Å²) >= 11 is 5.90.